The number of nitrogens with two attached hydrogens (primary N) is 1. The minimum Gasteiger partial charge on any atom is -0.491 e. The summed E-state index contributed by atoms with van der Waals surface area (Å²) in [5, 5.41) is 0. The molecule has 0 amide bonds. The Morgan fingerprint density at radius 2 is 2.07 bits per heavy atom. The Morgan fingerprint density at radius 1 is 1.27 bits per heavy atom. The Balaban J connectivity index is 2.28. The molecule has 0 fully saturated rings. The van der Waals surface area contributed by atoms with Crippen molar-refractivity contribution in [3.8, 4) is 5.75 Å². The second kappa shape index (κ2) is 6.37. The Bertz CT molecular complexity index is 305. The lowest BCUT2D eigenvalue weighted by molar-refractivity contribution is 0.106. The molecule has 2 N–H and O–H groups in total. The third-order valence-corrected chi connectivity index (χ3v) is 1.90. The largest absolute Gasteiger partial charge is 0.491 e. The molecule has 0 unspecified atom stereocenters. The van der Waals surface area contributed by atoms with Crippen LogP contribution in [0.4, 0.5) is 4.39 Å². The first kappa shape index (κ1) is 11.9. The van der Waals surface area contributed by atoms with Crippen LogP contribution in [0.15, 0.2) is 18.2 Å². The Kier molecular flexibility index (Phi) is 5.07. The molecular formula is C11H16FNO2. The summed E-state index contributed by atoms with van der Waals surface area (Å²) < 4.78 is 23.5. The normalized spacial score (nSPS) is 10.3. The molecule has 1 aromatic carbocycles. The maximum absolute atomic E-state index is 13.1. The summed E-state index contributed by atoms with van der Waals surface area (Å²) in [6, 6.07) is 4.80. The van der Waals surface area contributed by atoms with Gasteiger partial charge in [-0.05, 0) is 18.6 Å². The SMILES string of the molecule is Cc1ccc(OCCOCCN)cc1F. The Hall–Kier alpha value is -1.13. The predicted octanol–water partition coefficient (Wildman–Crippen LogP) is 1.49. The van der Waals surface area contributed by atoms with Gasteiger partial charge in [-0.15, -0.1) is 0 Å². The van der Waals surface area contributed by atoms with Gasteiger partial charge in [0.05, 0.1) is 13.2 Å². The molecule has 0 saturated carbocycles. The zero-order valence-electron chi connectivity index (χ0n) is 8.83. The van der Waals surface area contributed by atoms with E-state index in [9.17, 15) is 4.39 Å². The summed E-state index contributed by atoms with van der Waals surface area (Å²) in [7, 11) is 0. The molecule has 0 aliphatic heterocycles. The molecule has 1 aromatic rings. The lowest BCUT2D eigenvalue weighted by Crippen LogP contribution is -2.13. The van der Waals surface area contributed by atoms with Crippen molar-refractivity contribution in [2.24, 2.45) is 5.73 Å². The van der Waals surface area contributed by atoms with Crippen LogP contribution in [0.5, 0.6) is 5.75 Å². The van der Waals surface area contributed by atoms with Crippen LogP contribution in [0, 0.1) is 12.7 Å². The molecule has 84 valence electrons. The molecule has 0 saturated heterocycles. The summed E-state index contributed by atoms with van der Waals surface area (Å²) in [5.41, 5.74) is 5.86. The van der Waals surface area contributed by atoms with Crippen molar-refractivity contribution in [3.63, 3.8) is 0 Å². The highest BCUT2D eigenvalue weighted by Gasteiger charge is 1.99. The number of aryl methyl sites for hydroxylation is 1. The number of benzene rings is 1. The highest BCUT2D eigenvalue weighted by molar-refractivity contribution is 5.27. The van der Waals surface area contributed by atoms with Gasteiger partial charge in [0.25, 0.3) is 0 Å². The van der Waals surface area contributed by atoms with E-state index in [1.807, 2.05) is 0 Å². The first-order chi connectivity index (χ1) is 7.24. The van der Waals surface area contributed by atoms with Gasteiger partial charge in [-0.3, -0.25) is 0 Å². The third-order valence-electron chi connectivity index (χ3n) is 1.90. The van der Waals surface area contributed by atoms with Gasteiger partial charge in [0.2, 0.25) is 0 Å². The molecule has 0 aliphatic rings. The van der Waals surface area contributed by atoms with Gasteiger partial charge in [0.1, 0.15) is 18.2 Å². The number of halogens is 1. The van der Waals surface area contributed by atoms with E-state index < -0.39 is 0 Å². The molecule has 0 aliphatic carbocycles. The third kappa shape index (κ3) is 4.27. The molecule has 15 heavy (non-hydrogen) atoms. The first-order valence-electron chi connectivity index (χ1n) is 4.91. The number of rotatable bonds is 6. The predicted molar refractivity (Wildman–Crippen MR) is 56.5 cm³/mol. The van der Waals surface area contributed by atoms with Crippen molar-refractivity contribution in [1.29, 1.82) is 0 Å². The molecule has 0 radical (unpaired) electrons. The monoisotopic (exact) mass is 213 g/mol. The van der Waals surface area contributed by atoms with E-state index in [0.717, 1.165) is 0 Å². The summed E-state index contributed by atoms with van der Waals surface area (Å²) >= 11 is 0. The van der Waals surface area contributed by atoms with Crippen LogP contribution >= 0.6 is 0 Å². The summed E-state index contributed by atoms with van der Waals surface area (Å²) in [6.07, 6.45) is 0. The van der Waals surface area contributed by atoms with Gasteiger partial charge in [0.15, 0.2) is 0 Å². The fourth-order valence-electron chi connectivity index (χ4n) is 1.07. The van der Waals surface area contributed by atoms with Gasteiger partial charge in [-0.25, -0.2) is 4.39 Å². The average Bonchev–Trinajstić information content (AvgIpc) is 2.23. The second-order valence-electron chi connectivity index (χ2n) is 3.16. The maximum atomic E-state index is 13.1. The Morgan fingerprint density at radius 3 is 2.73 bits per heavy atom. The molecule has 4 heteroatoms. The van der Waals surface area contributed by atoms with E-state index in [2.05, 4.69) is 0 Å². The van der Waals surface area contributed by atoms with Gasteiger partial charge >= 0.3 is 0 Å². The zero-order chi connectivity index (χ0) is 11.1. The second-order valence-corrected chi connectivity index (χ2v) is 3.16. The van der Waals surface area contributed by atoms with Crippen LogP contribution in [0.25, 0.3) is 0 Å². The Labute approximate surface area is 89.0 Å². The van der Waals surface area contributed by atoms with E-state index in [1.165, 1.54) is 6.07 Å². The highest BCUT2D eigenvalue weighted by Crippen LogP contribution is 2.15. The summed E-state index contributed by atoms with van der Waals surface area (Å²) in [4.78, 5) is 0. The summed E-state index contributed by atoms with van der Waals surface area (Å²) in [5.74, 6) is 0.268. The summed E-state index contributed by atoms with van der Waals surface area (Å²) in [6.45, 7) is 3.60. The fourth-order valence-corrected chi connectivity index (χ4v) is 1.07. The van der Waals surface area contributed by atoms with Gasteiger partial charge in [-0.2, -0.15) is 0 Å². The number of hydrogen-bond acceptors (Lipinski definition) is 3. The van der Waals surface area contributed by atoms with Crippen molar-refractivity contribution in [2.75, 3.05) is 26.4 Å². The van der Waals surface area contributed by atoms with Crippen LogP contribution in [-0.4, -0.2) is 26.4 Å². The number of ether oxygens (including phenoxy) is 2. The van der Waals surface area contributed by atoms with Crippen molar-refractivity contribution in [3.05, 3.63) is 29.6 Å². The van der Waals surface area contributed by atoms with Crippen molar-refractivity contribution >= 4 is 0 Å². The van der Waals surface area contributed by atoms with Gasteiger partial charge in [-0.1, -0.05) is 6.07 Å². The van der Waals surface area contributed by atoms with E-state index >= 15 is 0 Å². The van der Waals surface area contributed by atoms with E-state index in [-0.39, 0.29) is 5.82 Å². The van der Waals surface area contributed by atoms with Gasteiger partial charge in [0, 0.05) is 12.6 Å². The van der Waals surface area contributed by atoms with Gasteiger partial charge < -0.3 is 15.2 Å². The van der Waals surface area contributed by atoms with Crippen LogP contribution < -0.4 is 10.5 Å². The van der Waals surface area contributed by atoms with Crippen molar-refractivity contribution < 1.29 is 13.9 Å². The van der Waals surface area contributed by atoms with Crippen LogP contribution in [0.2, 0.25) is 0 Å². The molecular weight excluding hydrogens is 197 g/mol. The van der Waals surface area contributed by atoms with Crippen LogP contribution in [-0.2, 0) is 4.74 Å². The van der Waals surface area contributed by atoms with E-state index in [0.29, 0.717) is 37.7 Å². The lowest BCUT2D eigenvalue weighted by Gasteiger charge is -2.07. The van der Waals surface area contributed by atoms with E-state index in [4.69, 9.17) is 15.2 Å². The molecule has 0 heterocycles. The van der Waals surface area contributed by atoms with Crippen LogP contribution in [0.3, 0.4) is 0 Å². The standard InChI is InChI=1S/C11H16FNO2/c1-9-2-3-10(8-11(9)12)15-7-6-14-5-4-13/h2-3,8H,4-7,13H2,1H3. The lowest BCUT2D eigenvalue weighted by atomic mass is 10.2. The van der Waals surface area contributed by atoms with Crippen molar-refractivity contribution in [1.82, 2.24) is 0 Å². The quantitative estimate of drug-likeness (QED) is 0.728. The topological polar surface area (TPSA) is 44.5 Å². The molecule has 0 bridgehead atoms. The fraction of sp³-hybridized carbons (Fsp3) is 0.455. The highest BCUT2D eigenvalue weighted by atomic mass is 19.1. The zero-order valence-corrected chi connectivity index (χ0v) is 8.83. The molecule has 0 spiro atoms. The maximum Gasteiger partial charge on any atom is 0.129 e. The molecule has 1 rings (SSSR count). The smallest absolute Gasteiger partial charge is 0.129 e. The number of hydrogen-bond donors (Lipinski definition) is 1. The molecule has 0 aromatic heterocycles. The minimum absolute atomic E-state index is 0.254. The van der Waals surface area contributed by atoms with Crippen LogP contribution in [0.1, 0.15) is 5.56 Å². The van der Waals surface area contributed by atoms with Crippen molar-refractivity contribution in [2.45, 2.75) is 6.92 Å². The average molecular weight is 213 g/mol. The first-order valence-corrected chi connectivity index (χ1v) is 4.91. The molecule has 0 atom stereocenters. The van der Waals surface area contributed by atoms with E-state index in [1.54, 1.807) is 19.1 Å². The minimum atomic E-state index is -0.254. The molecule has 3 nitrogen and oxygen atoms in total.